The van der Waals surface area contributed by atoms with Crippen LogP contribution in [0.25, 0.3) is 11.0 Å². The topological polar surface area (TPSA) is 75.3 Å². The minimum atomic E-state index is 0.0930. The fourth-order valence-electron chi connectivity index (χ4n) is 4.58. The predicted octanol–water partition coefficient (Wildman–Crippen LogP) is 3.08. The van der Waals surface area contributed by atoms with Crippen molar-refractivity contribution in [2.75, 3.05) is 38.2 Å². The third-order valence-corrected chi connectivity index (χ3v) is 6.32. The lowest BCUT2D eigenvalue weighted by Gasteiger charge is -2.42. The standard InChI is InChI=1S/C22H25N5O2/c1-2-4-19-15(3-1)20(18(12-29-19)27-7-9-28-10-8-27)26-22-16-11-17(14-5-6-14)25-21(16)23-13-24-22/h1-4,11,13-14,18,20H,5-10,12H2,(H2,23,24,25,26)/t18-,20?/m1/s1. The Bertz CT molecular complexity index is 1020. The van der Waals surface area contributed by atoms with Crippen LogP contribution in [0.4, 0.5) is 5.82 Å². The van der Waals surface area contributed by atoms with Crippen LogP contribution in [0.3, 0.4) is 0 Å². The van der Waals surface area contributed by atoms with Gasteiger partial charge in [0.2, 0.25) is 0 Å². The van der Waals surface area contributed by atoms with Gasteiger partial charge in [-0.1, -0.05) is 18.2 Å². The van der Waals surface area contributed by atoms with Gasteiger partial charge in [-0.25, -0.2) is 9.97 Å². The van der Waals surface area contributed by atoms with E-state index in [4.69, 9.17) is 9.47 Å². The monoisotopic (exact) mass is 391 g/mol. The van der Waals surface area contributed by atoms with Gasteiger partial charge in [0.1, 0.15) is 30.1 Å². The van der Waals surface area contributed by atoms with E-state index in [0.717, 1.165) is 48.9 Å². The van der Waals surface area contributed by atoms with Crippen molar-refractivity contribution in [2.45, 2.75) is 30.8 Å². The average molecular weight is 391 g/mol. The number of rotatable bonds is 4. The molecule has 3 aliphatic rings. The first-order valence-corrected chi connectivity index (χ1v) is 10.5. The maximum Gasteiger partial charge on any atom is 0.143 e. The second kappa shape index (κ2) is 7.00. The second-order valence-corrected chi connectivity index (χ2v) is 8.17. The van der Waals surface area contributed by atoms with Crippen molar-refractivity contribution in [3.8, 4) is 5.75 Å². The zero-order valence-corrected chi connectivity index (χ0v) is 16.3. The molecule has 3 aromatic rings. The van der Waals surface area contributed by atoms with Crippen molar-refractivity contribution in [3.63, 3.8) is 0 Å². The molecule has 29 heavy (non-hydrogen) atoms. The summed E-state index contributed by atoms with van der Waals surface area (Å²) >= 11 is 0. The molecule has 4 heterocycles. The fourth-order valence-corrected chi connectivity index (χ4v) is 4.58. The van der Waals surface area contributed by atoms with Crippen LogP contribution in [-0.4, -0.2) is 58.8 Å². The van der Waals surface area contributed by atoms with E-state index in [2.05, 4.69) is 49.4 Å². The molecule has 0 spiro atoms. The van der Waals surface area contributed by atoms with Crippen molar-refractivity contribution >= 4 is 16.9 Å². The largest absolute Gasteiger partial charge is 0.491 e. The molecule has 2 fully saturated rings. The number of H-pyrrole nitrogens is 1. The molecule has 7 heteroatoms. The zero-order valence-electron chi connectivity index (χ0n) is 16.3. The van der Waals surface area contributed by atoms with Gasteiger partial charge in [0.05, 0.1) is 30.7 Å². The Hall–Kier alpha value is -2.64. The third kappa shape index (κ3) is 3.14. The highest BCUT2D eigenvalue weighted by molar-refractivity contribution is 5.88. The third-order valence-electron chi connectivity index (χ3n) is 6.32. The van der Waals surface area contributed by atoms with Crippen LogP contribution in [0.1, 0.15) is 36.1 Å². The Kier molecular flexibility index (Phi) is 4.16. The smallest absolute Gasteiger partial charge is 0.143 e. The van der Waals surface area contributed by atoms with Crippen molar-refractivity contribution in [2.24, 2.45) is 0 Å². The molecule has 0 amide bonds. The van der Waals surface area contributed by atoms with Gasteiger partial charge in [-0.3, -0.25) is 4.90 Å². The molecule has 2 aliphatic heterocycles. The van der Waals surface area contributed by atoms with Gasteiger partial charge < -0.3 is 19.8 Å². The van der Waals surface area contributed by atoms with Crippen molar-refractivity contribution in [1.29, 1.82) is 0 Å². The first-order chi connectivity index (χ1) is 14.4. The van der Waals surface area contributed by atoms with Crippen LogP contribution >= 0.6 is 0 Å². The Balaban J connectivity index is 1.38. The molecule has 2 aromatic heterocycles. The summed E-state index contributed by atoms with van der Waals surface area (Å²) in [5.41, 5.74) is 3.37. The number of nitrogens with zero attached hydrogens (tertiary/aromatic N) is 3. The molecule has 1 aliphatic carbocycles. The predicted molar refractivity (Wildman–Crippen MR) is 110 cm³/mol. The van der Waals surface area contributed by atoms with Gasteiger partial charge in [-0.05, 0) is 30.9 Å². The average Bonchev–Trinajstić information content (AvgIpc) is 3.53. The molecular weight excluding hydrogens is 366 g/mol. The van der Waals surface area contributed by atoms with Crippen molar-refractivity contribution < 1.29 is 9.47 Å². The molecule has 7 nitrogen and oxygen atoms in total. The number of nitrogens with one attached hydrogen (secondary N) is 2. The van der Waals surface area contributed by atoms with Gasteiger partial charge >= 0.3 is 0 Å². The number of aromatic amines is 1. The lowest BCUT2D eigenvalue weighted by atomic mass is 9.94. The first kappa shape index (κ1) is 17.2. The summed E-state index contributed by atoms with van der Waals surface area (Å²) < 4.78 is 11.7. The van der Waals surface area contributed by atoms with Crippen LogP contribution in [0.2, 0.25) is 0 Å². The number of benzene rings is 1. The number of ether oxygens (including phenoxy) is 2. The lowest BCUT2D eigenvalue weighted by molar-refractivity contribution is -0.00341. The van der Waals surface area contributed by atoms with Crippen LogP contribution < -0.4 is 10.1 Å². The fraction of sp³-hybridized carbons (Fsp3) is 0.455. The highest BCUT2D eigenvalue weighted by Gasteiger charge is 2.36. The highest BCUT2D eigenvalue weighted by Crippen LogP contribution is 2.42. The first-order valence-electron chi connectivity index (χ1n) is 10.5. The van der Waals surface area contributed by atoms with Crippen LogP contribution in [-0.2, 0) is 4.74 Å². The molecular formula is C22H25N5O2. The lowest BCUT2D eigenvalue weighted by Crippen LogP contribution is -2.52. The van der Waals surface area contributed by atoms with E-state index in [-0.39, 0.29) is 12.1 Å². The normalized spacial score (nSPS) is 24.8. The summed E-state index contributed by atoms with van der Waals surface area (Å²) in [4.78, 5) is 15.0. The van der Waals surface area contributed by atoms with Crippen molar-refractivity contribution in [1.82, 2.24) is 19.9 Å². The van der Waals surface area contributed by atoms with E-state index in [1.807, 2.05) is 6.07 Å². The van der Waals surface area contributed by atoms with Gasteiger partial charge in [0, 0.05) is 24.3 Å². The molecule has 150 valence electrons. The highest BCUT2D eigenvalue weighted by atomic mass is 16.5. The van der Waals surface area contributed by atoms with Gasteiger partial charge in [0.25, 0.3) is 0 Å². The summed E-state index contributed by atoms with van der Waals surface area (Å²) in [7, 11) is 0. The number of morpholine rings is 1. The molecule has 1 unspecified atom stereocenters. The SMILES string of the molecule is c1ccc2c(c1)OC[C@@H](N1CCOCC1)C2Nc1ncnc2[nH]c(C3CC3)cc12. The maximum absolute atomic E-state index is 6.13. The molecule has 2 N–H and O–H groups in total. The molecule has 0 bridgehead atoms. The minimum Gasteiger partial charge on any atom is -0.491 e. The summed E-state index contributed by atoms with van der Waals surface area (Å²) in [6, 6.07) is 10.9. The number of aromatic nitrogens is 3. The summed E-state index contributed by atoms with van der Waals surface area (Å²) in [6.45, 7) is 4.03. The molecule has 0 radical (unpaired) electrons. The van der Waals surface area contributed by atoms with E-state index in [1.54, 1.807) is 6.33 Å². The summed E-state index contributed by atoms with van der Waals surface area (Å²) in [5.74, 6) is 2.49. The van der Waals surface area contributed by atoms with E-state index in [9.17, 15) is 0 Å². The quantitative estimate of drug-likeness (QED) is 0.712. The van der Waals surface area contributed by atoms with Gasteiger partial charge in [-0.15, -0.1) is 0 Å². The molecule has 6 rings (SSSR count). The molecule has 1 saturated carbocycles. The Morgan fingerprint density at radius 2 is 1.97 bits per heavy atom. The summed E-state index contributed by atoms with van der Waals surface area (Å²) in [5, 5.41) is 4.84. The number of para-hydroxylation sites is 1. The Labute approximate surface area is 169 Å². The molecule has 1 aromatic carbocycles. The zero-order chi connectivity index (χ0) is 19.2. The van der Waals surface area contributed by atoms with Crippen LogP contribution in [0.5, 0.6) is 5.75 Å². The number of hydrogen-bond acceptors (Lipinski definition) is 6. The van der Waals surface area contributed by atoms with Crippen LogP contribution in [0.15, 0.2) is 36.7 Å². The number of fused-ring (bicyclic) bond motifs is 2. The minimum absolute atomic E-state index is 0.0930. The van der Waals surface area contributed by atoms with E-state index < -0.39 is 0 Å². The van der Waals surface area contributed by atoms with E-state index >= 15 is 0 Å². The molecule has 1 saturated heterocycles. The van der Waals surface area contributed by atoms with Gasteiger partial charge in [0.15, 0.2) is 0 Å². The summed E-state index contributed by atoms with van der Waals surface area (Å²) in [6.07, 6.45) is 4.16. The number of anilines is 1. The van der Waals surface area contributed by atoms with Gasteiger partial charge in [-0.2, -0.15) is 0 Å². The maximum atomic E-state index is 6.13. The second-order valence-electron chi connectivity index (χ2n) is 8.17. The van der Waals surface area contributed by atoms with Crippen molar-refractivity contribution in [3.05, 3.63) is 47.9 Å². The Morgan fingerprint density at radius 1 is 1.10 bits per heavy atom. The van der Waals surface area contributed by atoms with E-state index in [0.29, 0.717) is 12.5 Å². The van der Waals surface area contributed by atoms with Crippen LogP contribution in [0, 0.1) is 0 Å². The molecule has 2 atom stereocenters. The Morgan fingerprint density at radius 3 is 2.83 bits per heavy atom. The number of hydrogen-bond donors (Lipinski definition) is 2. The van der Waals surface area contributed by atoms with E-state index in [1.165, 1.54) is 24.1 Å².